The maximum absolute atomic E-state index is 12.0. The molecule has 1 aliphatic rings. The zero-order chi connectivity index (χ0) is 16.8. The van der Waals surface area contributed by atoms with Gasteiger partial charge in [0.15, 0.2) is 6.07 Å². The molecule has 0 N–H and O–H groups in total. The molecule has 0 aromatic rings. The minimum Gasteiger partial charge on any atom is -0.448 e. The van der Waals surface area contributed by atoms with E-state index in [0.717, 1.165) is 12.8 Å². The molecule has 22 heavy (non-hydrogen) atoms. The molecular weight excluding hydrogens is 308 g/mol. The van der Waals surface area contributed by atoms with Crippen molar-refractivity contribution >= 4 is 23.7 Å². The van der Waals surface area contributed by atoms with E-state index in [1.807, 2.05) is 27.7 Å². The Hall–Kier alpha value is -1.01. The summed E-state index contributed by atoms with van der Waals surface area (Å²) in [4.78, 5) is 27.7. The average Bonchev–Trinajstić information content (AvgIpc) is 2.43. The van der Waals surface area contributed by atoms with E-state index in [4.69, 9.17) is 21.1 Å². The van der Waals surface area contributed by atoms with Crippen LogP contribution in [-0.2, 0) is 14.3 Å². The quantitative estimate of drug-likeness (QED) is 0.571. The minimum atomic E-state index is -0.497. The van der Waals surface area contributed by atoms with Crippen molar-refractivity contribution in [2.75, 3.05) is 32.2 Å². The zero-order valence-electron chi connectivity index (χ0n) is 13.9. The van der Waals surface area contributed by atoms with Crippen molar-refractivity contribution in [3.05, 3.63) is 0 Å². The van der Waals surface area contributed by atoms with Crippen LogP contribution in [-0.4, -0.2) is 65.8 Å². The Balaban J connectivity index is 2.55. The van der Waals surface area contributed by atoms with Gasteiger partial charge in [0.2, 0.25) is 0 Å². The molecule has 1 atom stereocenters. The molecule has 1 fully saturated rings. The summed E-state index contributed by atoms with van der Waals surface area (Å²) in [7, 11) is 0. The summed E-state index contributed by atoms with van der Waals surface area (Å²) in [6.45, 7) is 9.91. The lowest BCUT2D eigenvalue weighted by Crippen LogP contribution is -2.54. The van der Waals surface area contributed by atoms with Gasteiger partial charge in [-0.05, 0) is 27.2 Å². The molecule has 1 aliphatic heterocycles. The fourth-order valence-corrected chi connectivity index (χ4v) is 2.52. The Morgan fingerprint density at radius 3 is 2.23 bits per heavy atom. The monoisotopic (exact) mass is 334 g/mol. The predicted octanol–water partition coefficient (Wildman–Crippen LogP) is 2.45. The molecule has 0 spiro atoms. The van der Waals surface area contributed by atoms with Gasteiger partial charge in [-0.1, -0.05) is 24.9 Å². The first-order valence-corrected chi connectivity index (χ1v) is 8.26. The van der Waals surface area contributed by atoms with E-state index in [1.54, 1.807) is 4.90 Å². The molecule has 0 aromatic heterocycles. The lowest BCUT2D eigenvalue weighted by molar-refractivity contribution is -0.149. The number of rotatable bonds is 5. The third-order valence-corrected chi connectivity index (χ3v) is 3.55. The molecule has 1 heterocycles. The summed E-state index contributed by atoms with van der Waals surface area (Å²) in [5.74, 6) is -0.289. The zero-order valence-corrected chi connectivity index (χ0v) is 14.7. The number of halogens is 1. The molecule has 0 saturated carbocycles. The van der Waals surface area contributed by atoms with Gasteiger partial charge in [0.05, 0.1) is 0 Å². The van der Waals surface area contributed by atoms with Crippen molar-refractivity contribution in [3.63, 3.8) is 0 Å². The van der Waals surface area contributed by atoms with E-state index in [9.17, 15) is 9.59 Å². The number of amides is 1. The molecule has 1 amide bonds. The number of nitrogens with zero attached hydrogens (tertiary/aromatic N) is 2. The molecule has 0 radical (unpaired) electrons. The van der Waals surface area contributed by atoms with Crippen LogP contribution in [0, 0.1) is 0 Å². The van der Waals surface area contributed by atoms with Gasteiger partial charge >= 0.3 is 12.1 Å². The number of hydrogen-bond acceptors (Lipinski definition) is 5. The fraction of sp³-hybridized carbons (Fsp3) is 0.867. The third kappa shape index (κ3) is 6.01. The molecule has 0 bridgehead atoms. The first kappa shape index (κ1) is 19.0. The van der Waals surface area contributed by atoms with E-state index in [0.29, 0.717) is 26.2 Å². The van der Waals surface area contributed by atoms with Gasteiger partial charge < -0.3 is 14.4 Å². The second-order valence-electron chi connectivity index (χ2n) is 6.38. The summed E-state index contributed by atoms with van der Waals surface area (Å²) in [5, 5.41) is 0. The SMILES string of the molecule is CCCC(C(=O)OCCl)N1CCN(C(=O)OC(C)(C)C)CC1. The van der Waals surface area contributed by atoms with E-state index in [1.165, 1.54) is 0 Å². The van der Waals surface area contributed by atoms with Crippen LogP contribution in [0.4, 0.5) is 4.79 Å². The maximum Gasteiger partial charge on any atom is 0.410 e. The number of carbonyl (C=O) groups is 2. The van der Waals surface area contributed by atoms with Gasteiger partial charge in [-0.15, -0.1) is 0 Å². The van der Waals surface area contributed by atoms with Gasteiger partial charge in [-0.2, -0.15) is 0 Å². The Morgan fingerprint density at radius 1 is 1.18 bits per heavy atom. The first-order valence-electron chi connectivity index (χ1n) is 7.73. The Morgan fingerprint density at radius 2 is 1.77 bits per heavy atom. The first-order chi connectivity index (χ1) is 10.3. The highest BCUT2D eigenvalue weighted by Crippen LogP contribution is 2.16. The second kappa shape index (κ2) is 8.58. The van der Waals surface area contributed by atoms with Crippen LogP contribution in [0.1, 0.15) is 40.5 Å². The highest BCUT2D eigenvalue weighted by molar-refractivity contribution is 6.17. The van der Waals surface area contributed by atoms with E-state index in [2.05, 4.69) is 4.90 Å². The highest BCUT2D eigenvalue weighted by Gasteiger charge is 2.32. The van der Waals surface area contributed by atoms with E-state index in [-0.39, 0.29) is 24.2 Å². The summed E-state index contributed by atoms with van der Waals surface area (Å²) in [6, 6.07) is -0.416. The van der Waals surface area contributed by atoms with Crippen LogP contribution in [0.2, 0.25) is 0 Å². The van der Waals surface area contributed by atoms with Crippen LogP contribution in [0.15, 0.2) is 0 Å². The summed E-state index contributed by atoms with van der Waals surface area (Å²) in [6.07, 6.45) is 1.30. The Bertz CT molecular complexity index is 376. The fourth-order valence-electron chi connectivity index (χ4n) is 2.42. The van der Waals surface area contributed by atoms with Crippen molar-refractivity contribution in [2.24, 2.45) is 0 Å². The van der Waals surface area contributed by atoms with Gasteiger partial charge in [0, 0.05) is 26.2 Å². The molecule has 0 aliphatic carbocycles. The standard InChI is InChI=1S/C15H27ClN2O4/c1-5-6-12(13(19)21-11-16)17-7-9-18(10-8-17)14(20)22-15(2,3)4/h12H,5-11H2,1-4H3. The molecular formula is C15H27ClN2O4. The van der Waals surface area contributed by atoms with Crippen molar-refractivity contribution in [2.45, 2.75) is 52.2 Å². The minimum absolute atomic E-state index is 0.128. The summed E-state index contributed by atoms with van der Waals surface area (Å²) >= 11 is 5.47. The number of piperazine rings is 1. The van der Waals surface area contributed by atoms with Crippen molar-refractivity contribution < 1.29 is 19.1 Å². The van der Waals surface area contributed by atoms with Crippen LogP contribution < -0.4 is 0 Å². The maximum atomic E-state index is 12.0. The number of hydrogen-bond donors (Lipinski definition) is 0. The summed E-state index contributed by atoms with van der Waals surface area (Å²) in [5.41, 5.74) is -0.497. The third-order valence-electron chi connectivity index (χ3n) is 3.44. The molecule has 128 valence electrons. The normalized spacial score (nSPS) is 18.0. The highest BCUT2D eigenvalue weighted by atomic mass is 35.5. The molecule has 1 rings (SSSR count). The molecule has 1 saturated heterocycles. The van der Waals surface area contributed by atoms with E-state index < -0.39 is 5.60 Å². The van der Waals surface area contributed by atoms with Gasteiger partial charge in [0.1, 0.15) is 11.6 Å². The largest absolute Gasteiger partial charge is 0.448 e. The lowest BCUT2D eigenvalue weighted by Gasteiger charge is -2.38. The second-order valence-corrected chi connectivity index (χ2v) is 6.60. The molecule has 1 unspecified atom stereocenters. The van der Waals surface area contributed by atoms with Gasteiger partial charge in [-0.3, -0.25) is 9.69 Å². The van der Waals surface area contributed by atoms with Crippen molar-refractivity contribution in [1.82, 2.24) is 9.80 Å². The van der Waals surface area contributed by atoms with Gasteiger partial charge in [-0.25, -0.2) is 4.79 Å². The van der Waals surface area contributed by atoms with Crippen LogP contribution >= 0.6 is 11.6 Å². The number of carbonyl (C=O) groups excluding carboxylic acids is 2. The number of ether oxygens (including phenoxy) is 2. The van der Waals surface area contributed by atoms with E-state index >= 15 is 0 Å². The van der Waals surface area contributed by atoms with Crippen molar-refractivity contribution in [3.8, 4) is 0 Å². The molecule has 7 heteroatoms. The lowest BCUT2D eigenvalue weighted by atomic mass is 10.1. The smallest absolute Gasteiger partial charge is 0.410 e. The van der Waals surface area contributed by atoms with Gasteiger partial charge in [0.25, 0.3) is 0 Å². The Kier molecular flexibility index (Phi) is 7.42. The molecule has 0 aromatic carbocycles. The topological polar surface area (TPSA) is 59.1 Å². The molecule has 6 nitrogen and oxygen atoms in total. The van der Waals surface area contributed by atoms with Crippen LogP contribution in [0.5, 0.6) is 0 Å². The van der Waals surface area contributed by atoms with Crippen LogP contribution in [0.3, 0.4) is 0 Å². The Labute approximate surface area is 137 Å². The van der Waals surface area contributed by atoms with Crippen molar-refractivity contribution in [1.29, 1.82) is 0 Å². The number of alkyl halides is 1. The predicted molar refractivity (Wildman–Crippen MR) is 84.9 cm³/mol. The van der Waals surface area contributed by atoms with Crippen LogP contribution in [0.25, 0.3) is 0 Å². The summed E-state index contributed by atoms with van der Waals surface area (Å²) < 4.78 is 10.3. The number of esters is 1. The average molecular weight is 335 g/mol.